The number of aromatic nitrogens is 1. The van der Waals surface area contributed by atoms with E-state index in [2.05, 4.69) is 35.5 Å². The topological polar surface area (TPSA) is 54.0 Å². The average Bonchev–Trinajstić information content (AvgIpc) is 2.93. The fraction of sp³-hybridized carbons (Fsp3) is 0.375. The fourth-order valence-corrected chi connectivity index (χ4v) is 3.79. The Hall–Kier alpha value is -1.88. The van der Waals surface area contributed by atoms with Crippen molar-refractivity contribution in [2.24, 2.45) is 0 Å². The molecule has 1 aliphatic heterocycles. The Labute approximate surface area is 128 Å². The summed E-state index contributed by atoms with van der Waals surface area (Å²) in [6.07, 6.45) is 6.36. The Balaban J connectivity index is 1.98. The minimum atomic E-state index is -0.310. The van der Waals surface area contributed by atoms with Gasteiger partial charge < -0.3 is 10.6 Å². The monoisotopic (exact) mass is 301 g/mol. The first-order valence-electron chi connectivity index (χ1n) is 7.32. The summed E-state index contributed by atoms with van der Waals surface area (Å²) in [5, 5.41) is 6.69. The average molecular weight is 301 g/mol. The predicted molar refractivity (Wildman–Crippen MR) is 86.6 cm³/mol. The number of carbonyl (C=O) groups is 1. The summed E-state index contributed by atoms with van der Waals surface area (Å²) in [7, 11) is 0. The lowest BCUT2D eigenvalue weighted by atomic mass is 9.98. The van der Waals surface area contributed by atoms with Crippen LogP contribution < -0.4 is 10.6 Å². The molecule has 1 unspecified atom stereocenters. The van der Waals surface area contributed by atoms with Crippen LogP contribution in [0.4, 0.5) is 5.69 Å². The van der Waals surface area contributed by atoms with Crippen molar-refractivity contribution < 1.29 is 4.79 Å². The molecule has 110 valence electrons. The molecule has 0 aliphatic carbocycles. The highest BCUT2D eigenvalue weighted by atomic mass is 32.1. The van der Waals surface area contributed by atoms with E-state index in [9.17, 15) is 4.79 Å². The second kappa shape index (κ2) is 5.48. The highest BCUT2D eigenvalue weighted by Gasteiger charge is 2.36. The molecule has 0 saturated carbocycles. The third kappa shape index (κ3) is 2.53. The van der Waals surface area contributed by atoms with Crippen molar-refractivity contribution in [3.8, 4) is 10.4 Å². The second-order valence-corrected chi connectivity index (χ2v) is 6.41. The number of thiophene rings is 1. The van der Waals surface area contributed by atoms with Gasteiger partial charge in [-0.05, 0) is 36.6 Å². The normalized spacial score (nSPS) is 20.6. The molecule has 0 spiro atoms. The zero-order chi connectivity index (χ0) is 14.9. The first kappa shape index (κ1) is 14.1. The van der Waals surface area contributed by atoms with Crippen molar-refractivity contribution >= 4 is 22.9 Å². The number of pyridine rings is 1. The Morgan fingerprint density at radius 1 is 1.24 bits per heavy atom. The van der Waals surface area contributed by atoms with Crippen LogP contribution in [0.1, 0.15) is 42.8 Å². The molecule has 2 aromatic heterocycles. The molecule has 1 aliphatic rings. The van der Waals surface area contributed by atoms with Crippen LogP contribution in [0.25, 0.3) is 10.4 Å². The lowest BCUT2D eigenvalue weighted by molar-refractivity contribution is 0.0897. The van der Waals surface area contributed by atoms with Gasteiger partial charge in [-0.2, -0.15) is 0 Å². The molecule has 2 aromatic rings. The molecule has 1 amide bonds. The zero-order valence-electron chi connectivity index (χ0n) is 12.3. The molecule has 1 atom stereocenters. The van der Waals surface area contributed by atoms with Crippen LogP contribution in [0.5, 0.6) is 0 Å². The maximum atomic E-state index is 12.4. The number of fused-ring (bicyclic) bond motifs is 1. The van der Waals surface area contributed by atoms with E-state index >= 15 is 0 Å². The van der Waals surface area contributed by atoms with Gasteiger partial charge in [-0.3, -0.25) is 9.78 Å². The zero-order valence-corrected chi connectivity index (χ0v) is 13.1. The molecule has 5 heteroatoms. The Bertz CT molecular complexity index is 653. The Morgan fingerprint density at radius 2 is 2.00 bits per heavy atom. The summed E-state index contributed by atoms with van der Waals surface area (Å²) >= 11 is 1.52. The fourth-order valence-electron chi connectivity index (χ4n) is 2.78. The van der Waals surface area contributed by atoms with Crippen molar-refractivity contribution in [3.05, 3.63) is 35.5 Å². The third-order valence-electron chi connectivity index (χ3n) is 3.91. The van der Waals surface area contributed by atoms with E-state index < -0.39 is 0 Å². The third-order valence-corrected chi connectivity index (χ3v) is 5.09. The summed E-state index contributed by atoms with van der Waals surface area (Å²) in [6.45, 7) is 4.24. The molecule has 0 fully saturated rings. The van der Waals surface area contributed by atoms with Crippen LogP contribution >= 0.6 is 11.3 Å². The van der Waals surface area contributed by atoms with E-state index in [-0.39, 0.29) is 11.6 Å². The first-order chi connectivity index (χ1) is 10.2. The predicted octanol–water partition coefficient (Wildman–Crippen LogP) is 3.87. The van der Waals surface area contributed by atoms with Crippen molar-refractivity contribution in [3.63, 3.8) is 0 Å². The molecule has 4 nitrogen and oxygen atoms in total. The Kier molecular flexibility index (Phi) is 3.68. The molecule has 2 N–H and O–H groups in total. The van der Waals surface area contributed by atoms with Gasteiger partial charge in [0.15, 0.2) is 0 Å². The van der Waals surface area contributed by atoms with E-state index in [1.807, 2.05) is 12.1 Å². The number of hydrogen-bond acceptors (Lipinski definition) is 4. The standard InChI is InChI=1S/C16H19N3OS/c1-3-7-16(4-2)18-12-10-13(11-5-8-17-9-6-11)21-14(12)15(20)19-16/h5-6,8-10,18H,3-4,7H2,1-2H3,(H,19,20). The van der Waals surface area contributed by atoms with Crippen molar-refractivity contribution in [1.82, 2.24) is 10.3 Å². The molecule has 0 radical (unpaired) electrons. The van der Waals surface area contributed by atoms with Gasteiger partial charge in [0.2, 0.25) is 0 Å². The maximum absolute atomic E-state index is 12.4. The lowest BCUT2D eigenvalue weighted by Gasteiger charge is -2.38. The number of amides is 1. The van der Waals surface area contributed by atoms with Gasteiger partial charge in [0.05, 0.1) is 5.69 Å². The van der Waals surface area contributed by atoms with E-state index in [1.165, 1.54) is 11.3 Å². The number of nitrogens with one attached hydrogen (secondary N) is 2. The summed E-state index contributed by atoms with van der Waals surface area (Å²) < 4.78 is 0. The van der Waals surface area contributed by atoms with Crippen LogP contribution in [0, 0.1) is 0 Å². The van der Waals surface area contributed by atoms with Crippen molar-refractivity contribution in [1.29, 1.82) is 0 Å². The van der Waals surface area contributed by atoms with Gasteiger partial charge in [0, 0.05) is 17.3 Å². The summed E-state index contributed by atoms with van der Waals surface area (Å²) in [4.78, 5) is 18.3. The molecule has 0 bridgehead atoms. The van der Waals surface area contributed by atoms with Crippen molar-refractivity contribution in [2.45, 2.75) is 38.8 Å². The van der Waals surface area contributed by atoms with Gasteiger partial charge in [-0.25, -0.2) is 0 Å². The smallest absolute Gasteiger partial charge is 0.265 e. The molecule has 0 aromatic carbocycles. The highest BCUT2D eigenvalue weighted by Crippen LogP contribution is 2.39. The molecule has 21 heavy (non-hydrogen) atoms. The van der Waals surface area contributed by atoms with Gasteiger partial charge in [0.25, 0.3) is 5.91 Å². The lowest BCUT2D eigenvalue weighted by Crippen LogP contribution is -2.56. The number of carbonyl (C=O) groups excluding carboxylic acids is 1. The summed E-state index contributed by atoms with van der Waals surface area (Å²) in [5.41, 5.74) is 1.73. The molecular weight excluding hydrogens is 282 g/mol. The van der Waals surface area contributed by atoms with Gasteiger partial charge >= 0.3 is 0 Å². The molecule has 0 saturated heterocycles. The van der Waals surface area contributed by atoms with Crippen LogP contribution in [0.3, 0.4) is 0 Å². The SMILES string of the molecule is CCCC1(CC)NC(=O)c2sc(-c3ccncc3)cc2N1. The van der Waals surface area contributed by atoms with E-state index in [1.54, 1.807) is 12.4 Å². The quantitative estimate of drug-likeness (QED) is 0.901. The molecule has 3 rings (SSSR count). The minimum absolute atomic E-state index is 0.0318. The van der Waals surface area contributed by atoms with Gasteiger partial charge in [0.1, 0.15) is 10.5 Å². The largest absolute Gasteiger partial charge is 0.361 e. The molecular formula is C16H19N3OS. The first-order valence-corrected chi connectivity index (χ1v) is 8.14. The van der Waals surface area contributed by atoms with Gasteiger partial charge in [-0.1, -0.05) is 20.3 Å². The highest BCUT2D eigenvalue weighted by molar-refractivity contribution is 7.18. The number of hydrogen-bond donors (Lipinski definition) is 2. The number of anilines is 1. The Morgan fingerprint density at radius 3 is 2.67 bits per heavy atom. The van der Waals surface area contributed by atoms with Crippen LogP contribution in [-0.4, -0.2) is 16.6 Å². The molecule has 3 heterocycles. The number of rotatable bonds is 4. The van der Waals surface area contributed by atoms with E-state index in [0.717, 1.165) is 40.3 Å². The van der Waals surface area contributed by atoms with Crippen LogP contribution in [0.2, 0.25) is 0 Å². The summed E-state index contributed by atoms with van der Waals surface area (Å²) in [6, 6.07) is 6.01. The van der Waals surface area contributed by atoms with E-state index in [0.29, 0.717) is 0 Å². The minimum Gasteiger partial charge on any atom is -0.361 e. The van der Waals surface area contributed by atoms with Gasteiger partial charge in [-0.15, -0.1) is 11.3 Å². The van der Waals surface area contributed by atoms with Crippen LogP contribution in [-0.2, 0) is 0 Å². The van der Waals surface area contributed by atoms with E-state index in [4.69, 9.17) is 0 Å². The second-order valence-electron chi connectivity index (χ2n) is 5.35. The maximum Gasteiger partial charge on any atom is 0.265 e. The summed E-state index contributed by atoms with van der Waals surface area (Å²) in [5.74, 6) is 0.0318. The number of nitrogens with zero attached hydrogens (tertiary/aromatic N) is 1. The van der Waals surface area contributed by atoms with Crippen molar-refractivity contribution in [2.75, 3.05) is 5.32 Å². The van der Waals surface area contributed by atoms with Crippen LogP contribution in [0.15, 0.2) is 30.6 Å².